The SMILES string of the molecule is COCCn1ncc(Cl)c1C1CCCCCC1Br. The zero-order valence-electron chi connectivity index (χ0n) is 10.7. The van der Waals surface area contributed by atoms with Crippen molar-refractivity contribution in [3.05, 3.63) is 16.9 Å². The molecule has 1 aromatic rings. The predicted octanol–water partition coefficient (Wildman–Crippen LogP) is 3.99. The average Bonchev–Trinajstić information content (AvgIpc) is 2.58. The van der Waals surface area contributed by atoms with Crippen LogP contribution in [0.25, 0.3) is 0 Å². The highest BCUT2D eigenvalue weighted by Crippen LogP contribution is 2.39. The van der Waals surface area contributed by atoms with Crippen LogP contribution in [0.3, 0.4) is 0 Å². The maximum Gasteiger partial charge on any atom is 0.0821 e. The first kappa shape index (κ1) is 14.4. The van der Waals surface area contributed by atoms with E-state index in [0.717, 1.165) is 11.6 Å². The Labute approximate surface area is 122 Å². The quantitative estimate of drug-likeness (QED) is 0.614. The summed E-state index contributed by atoms with van der Waals surface area (Å²) in [5.41, 5.74) is 1.18. The van der Waals surface area contributed by atoms with Crippen molar-refractivity contribution in [1.82, 2.24) is 9.78 Å². The van der Waals surface area contributed by atoms with Gasteiger partial charge in [0.15, 0.2) is 0 Å². The lowest BCUT2D eigenvalue weighted by Crippen LogP contribution is -2.18. The molecule has 2 unspecified atom stereocenters. The molecule has 2 rings (SSSR count). The number of hydrogen-bond acceptors (Lipinski definition) is 2. The first-order valence-corrected chi connectivity index (χ1v) is 7.87. The molecule has 1 aliphatic carbocycles. The largest absolute Gasteiger partial charge is 0.383 e. The van der Waals surface area contributed by atoms with Crippen molar-refractivity contribution in [3.63, 3.8) is 0 Å². The topological polar surface area (TPSA) is 27.1 Å². The van der Waals surface area contributed by atoms with Gasteiger partial charge in [-0.15, -0.1) is 0 Å². The molecule has 0 amide bonds. The van der Waals surface area contributed by atoms with Crippen molar-refractivity contribution < 1.29 is 4.74 Å². The molecule has 1 aromatic heterocycles. The fourth-order valence-electron chi connectivity index (χ4n) is 2.67. The van der Waals surface area contributed by atoms with Gasteiger partial charge in [-0.1, -0.05) is 46.8 Å². The van der Waals surface area contributed by atoms with Crippen LogP contribution in [-0.2, 0) is 11.3 Å². The van der Waals surface area contributed by atoms with Crippen LogP contribution < -0.4 is 0 Å². The molecule has 1 aliphatic rings. The second kappa shape index (κ2) is 6.92. The van der Waals surface area contributed by atoms with Crippen LogP contribution in [0.2, 0.25) is 5.02 Å². The zero-order valence-corrected chi connectivity index (χ0v) is 13.1. The van der Waals surface area contributed by atoms with E-state index >= 15 is 0 Å². The van der Waals surface area contributed by atoms with E-state index < -0.39 is 0 Å². The van der Waals surface area contributed by atoms with Crippen LogP contribution in [-0.4, -0.2) is 28.3 Å². The van der Waals surface area contributed by atoms with Gasteiger partial charge in [-0.3, -0.25) is 4.68 Å². The zero-order chi connectivity index (χ0) is 13.0. The van der Waals surface area contributed by atoms with E-state index in [2.05, 4.69) is 21.0 Å². The van der Waals surface area contributed by atoms with Gasteiger partial charge in [-0.2, -0.15) is 5.10 Å². The third-order valence-electron chi connectivity index (χ3n) is 3.62. The Bertz CT molecular complexity index is 383. The summed E-state index contributed by atoms with van der Waals surface area (Å²) in [5.74, 6) is 0.472. The number of nitrogens with zero attached hydrogens (tertiary/aromatic N) is 2. The summed E-state index contributed by atoms with van der Waals surface area (Å²) >= 11 is 10.2. The summed E-state index contributed by atoms with van der Waals surface area (Å²) in [6.07, 6.45) is 8.07. The molecule has 2 atom stereocenters. The minimum atomic E-state index is 0.472. The maximum absolute atomic E-state index is 6.33. The normalized spacial score (nSPS) is 25.1. The molecule has 0 N–H and O–H groups in total. The highest BCUT2D eigenvalue weighted by molar-refractivity contribution is 9.09. The van der Waals surface area contributed by atoms with Gasteiger partial charge in [0.2, 0.25) is 0 Å². The van der Waals surface area contributed by atoms with Gasteiger partial charge in [0, 0.05) is 17.9 Å². The highest BCUT2D eigenvalue weighted by atomic mass is 79.9. The Morgan fingerprint density at radius 3 is 3.00 bits per heavy atom. The molecule has 5 heteroatoms. The molecule has 0 radical (unpaired) electrons. The fraction of sp³-hybridized carbons (Fsp3) is 0.769. The second-order valence-electron chi connectivity index (χ2n) is 4.85. The maximum atomic E-state index is 6.33. The molecule has 0 bridgehead atoms. The Kier molecular flexibility index (Phi) is 5.52. The Morgan fingerprint density at radius 2 is 2.22 bits per heavy atom. The van der Waals surface area contributed by atoms with Gasteiger partial charge in [-0.05, 0) is 12.8 Å². The van der Waals surface area contributed by atoms with Crippen LogP contribution >= 0.6 is 27.5 Å². The Hall–Kier alpha value is -0.0600. The number of rotatable bonds is 4. The third kappa shape index (κ3) is 3.28. The Balaban J connectivity index is 2.21. The summed E-state index contributed by atoms with van der Waals surface area (Å²) in [6.45, 7) is 1.44. The number of hydrogen-bond donors (Lipinski definition) is 0. The monoisotopic (exact) mass is 334 g/mol. The molecular weight excluding hydrogens is 316 g/mol. The molecule has 1 heterocycles. The summed E-state index contributed by atoms with van der Waals surface area (Å²) in [5, 5.41) is 5.17. The van der Waals surface area contributed by atoms with Gasteiger partial charge in [-0.25, -0.2) is 0 Å². The molecule has 3 nitrogen and oxygen atoms in total. The number of aromatic nitrogens is 2. The number of methoxy groups -OCH3 is 1. The van der Waals surface area contributed by atoms with Crippen molar-refractivity contribution >= 4 is 27.5 Å². The van der Waals surface area contributed by atoms with Gasteiger partial charge in [0.05, 0.1) is 30.1 Å². The minimum absolute atomic E-state index is 0.472. The van der Waals surface area contributed by atoms with Crippen molar-refractivity contribution in [3.8, 4) is 0 Å². The molecule has 1 fully saturated rings. The molecule has 0 aromatic carbocycles. The molecule has 0 saturated heterocycles. The van der Waals surface area contributed by atoms with Gasteiger partial charge in [0.1, 0.15) is 0 Å². The molecule has 0 spiro atoms. The summed E-state index contributed by atoms with van der Waals surface area (Å²) in [7, 11) is 1.71. The molecule has 18 heavy (non-hydrogen) atoms. The van der Waals surface area contributed by atoms with Crippen molar-refractivity contribution in [2.24, 2.45) is 0 Å². The second-order valence-corrected chi connectivity index (χ2v) is 6.44. The van der Waals surface area contributed by atoms with E-state index in [-0.39, 0.29) is 0 Å². The summed E-state index contributed by atoms with van der Waals surface area (Å²) in [6, 6.07) is 0. The van der Waals surface area contributed by atoms with Gasteiger partial charge < -0.3 is 4.74 Å². The molecule has 102 valence electrons. The minimum Gasteiger partial charge on any atom is -0.383 e. The van der Waals surface area contributed by atoms with E-state index in [9.17, 15) is 0 Å². The molecular formula is C13H20BrClN2O. The third-order valence-corrected chi connectivity index (χ3v) is 5.01. The van der Waals surface area contributed by atoms with Crippen LogP contribution in [0.5, 0.6) is 0 Å². The fourth-order valence-corrected chi connectivity index (χ4v) is 3.79. The van der Waals surface area contributed by atoms with Crippen molar-refractivity contribution in [2.45, 2.75) is 49.4 Å². The van der Waals surface area contributed by atoms with Crippen LogP contribution in [0.1, 0.15) is 43.7 Å². The average molecular weight is 336 g/mol. The number of ether oxygens (including phenoxy) is 1. The number of alkyl halides is 1. The summed E-state index contributed by atoms with van der Waals surface area (Å²) in [4.78, 5) is 0.510. The summed E-state index contributed by atoms with van der Waals surface area (Å²) < 4.78 is 7.14. The van der Waals surface area contributed by atoms with Crippen LogP contribution in [0, 0.1) is 0 Å². The lowest BCUT2D eigenvalue weighted by Gasteiger charge is -2.21. The van der Waals surface area contributed by atoms with E-state index in [1.807, 2.05) is 4.68 Å². The van der Waals surface area contributed by atoms with Crippen molar-refractivity contribution in [2.75, 3.05) is 13.7 Å². The van der Waals surface area contributed by atoms with Crippen molar-refractivity contribution in [1.29, 1.82) is 0 Å². The smallest absolute Gasteiger partial charge is 0.0821 e. The molecule has 1 saturated carbocycles. The van der Waals surface area contributed by atoms with E-state index in [0.29, 0.717) is 17.4 Å². The Morgan fingerprint density at radius 1 is 1.44 bits per heavy atom. The predicted molar refractivity (Wildman–Crippen MR) is 77.7 cm³/mol. The van der Waals surface area contributed by atoms with Gasteiger partial charge >= 0.3 is 0 Å². The van der Waals surface area contributed by atoms with Gasteiger partial charge in [0.25, 0.3) is 0 Å². The first-order chi connectivity index (χ1) is 8.74. The van der Waals surface area contributed by atoms with E-state index in [4.69, 9.17) is 16.3 Å². The number of halogens is 2. The van der Waals surface area contributed by atoms with E-state index in [1.54, 1.807) is 13.3 Å². The first-order valence-electron chi connectivity index (χ1n) is 6.58. The standard InChI is InChI=1S/C13H20BrClN2O/c1-18-8-7-17-13(12(15)9-16-17)10-5-3-2-4-6-11(10)14/h9-11H,2-8H2,1H3. The van der Waals surface area contributed by atoms with Crippen LogP contribution in [0.4, 0.5) is 0 Å². The van der Waals surface area contributed by atoms with E-state index in [1.165, 1.54) is 37.8 Å². The highest BCUT2D eigenvalue weighted by Gasteiger charge is 2.28. The van der Waals surface area contributed by atoms with Crippen LogP contribution in [0.15, 0.2) is 6.20 Å². The lowest BCUT2D eigenvalue weighted by atomic mass is 9.96. The lowest BCUT2D eigenvalue weighted by molar-refractivity contribution is 0.182. The molecule has 0 aliphatic heterocycles.